The van der Waals surface area contributed by atoms with E-state index in [-0.39, 0.29) is 5.91 Å². The van der Waals surface area contributed by atoms with Crippen LogP contribution in [0.5, 0.6) is 0 Å². The molecular formula is C22H28N2O3S. The third-order valence-corrected chi connectivity index (χ3v) is 7.18. The molecule has 1 amide bonds. The largest absolute Gasteiger partial charge is 0.326 e. The first-order chi connectivity index (χ1) is 13.4. The number of amides is 1. The van der Waals surface area contributed by atoms with Crippen LogP contribution in [0.2, 0.25) is 0 Å². The van der Waals surface area contributed by atoms with Crippen LogP contribution in [0.1, 0.15) is 42.9 Å². The van der Waals surface area contributed by atoms with E-state index in [1.807, 2.05) is 37.3 Å². The normalized spacial score (nSPS) is 14.9. The predicted molar refractivity (Wildman–Crippen MR) is 112 cm³/mol. The van der Waals surface area contributed by atoms with E-state index in [1.54, 1.807) is 16.4 Å². The minimum atomic E-state index is -3.39. The highest BCUT2D eigenvalue weighted by Gasteiger charge is 2.26. The number of carbonyl (C=O) groups is 1. The average Bonchev–Trinajstić information content (AvgIpc) is 3.24. The van der Waals surface area contributed by atoms with E-state index in [2.05, 4.69) is 12.2 Å². The first-order valence-corrected chi connectivity index (χ1v) is 11.3. The molecule has 1 fully saturated rings. The molecule has 0 unspecified atom stereocenters. The van der Waals surface area contributed by atoms with Crippen molar-refractivity contribution in [2.75, 3.05) is 18.4 Å². The topological polar surface area (TPSA) is 66.5 Å². The van der Waals surface area contributed by atoms with Crippen molar-refractivity contribution in [2.24, 2.45) is 0 Å². The highest BCUT2D eigenvalue weighted by molar-refractivity contribution is 7.89. The van der Waals surface area contributed by atoms with Crippen LogP contribution in [-0.2, 0) is 27.7 Å². The number of nitrogens with one attached hydrogen (secondary N) is 1. The molecule has 0 spiro atoms. The van der Waals surface area contributed by atoms with Crippen LogP contribution < -0.4 is 5.32 Å². The fraction of sp³-hybridized carbons (Fsp3) is 0.409. The number of hydrogen-bond acceptors (Lipinski definition) is 3. The number of sulfonamides is 1. The Morgan fingerprint density at radius 3 is 2.39 bits per heavy atom. The molecule has 150 valence electrons. The van der Waals surface area contributed by atoms with Crippen LogP contribution in [0, 0.1) is 6.92 Å². The summed E-state index contributed by atoms with van der Waals surface area (Å²) in [4.78, 5) is 12.7. The molecule has 0 aliphatic carbocycles. The van der Waals surface area contributed by atoms with Gasteiger partial charge in [0.2, 0.25) is 15.9 Å². The Hall–Kier alpha value is -2.18. The number of nitrogens with zero attached hydrogens (tertiary/aromatic N) is 1. The number of rotatable bonds is 7. The average molecular weight is 401 g/mol. The van der Waals surface area contributed by atoms with Gasteiger partial charge in [-0.15, -0.1) is 0 Å². The zero-order valence-corrected chi connectivity index (χ0v) is 17.4. The molecule has 28 heavy (non-hydrogen) atoms. The van der Waals surface area contributed by atoms with Gasteiger partial charge in [0, 0.05) is 25.2 Å². The summed E-state index contributed by atoms with van der Waals surface area (Å²) < 4.78 is 26.7. The molecule has 0 bridgehead atoms. The number of anilines is 1. The van der Waals surface area contributed by atoms with Crippen LogP contribution >= 0.6 is 0 Å². The van der Waals surface area contributed by atoms with Gasteiger partial charge in [-0.1, -0.05) is 37.3 Å². The van der Waals surface area contributed by atoms with E-state index in [0.29, 0.717) is 30.8 Å². The Balaban J connectivity index is 1.60. The first-order valence-electron chi connectivity index (χ1n) is 9.89. The lowest BCUT2D eigenvalue weighted by Gasteiger charge is -2.15. The summed E-state index contributed by atoms with van der Waals surface area (Å²) in [6, 6.07) is 12.9. The molecule has 1 aliphatic heterocycles. The van der Waals surface area contributed by atoms with E-state index in [9.17, 15) is 13.2 Å². The minimum absolute atomic E-state index is 0.0298. The van der Waals surface area contributed by atoms with Crippen molar-refractivity contribution in [3.8, 4) is 0 Å². The SMILES string of the molecule is CCc1cccc(C)c1NC(=O)CCc1ccc(S(=O)(=O)N2CCCC2)cc1. The number of benzene rings is 2. The van der Waals surface area contributed by atoms with Crippen LogP contribution in [0.15, 0.2) is 47.4 Å². The summed E-state index contributed by atoms with van der Waals surface area (Å²) in [5.41, 5.74) is 4.05. The Labute approximate surface area is 167 Å². The van der Waals surface area contributed by atoms with Crippen molar-refractivity contribution in [1.29, 1.82) is 0 Å². The van der Waals surface area contributed by atoms with Gasteiger partial charge >= 0.3 is 0 Å². The molecule has 6 heteroatoms. The van der Waals surface area contributed by atoms with Gasteiger partial charge in [0.1, 0.15) is 0 Å². The number of aryl methyl sites for hydroxylation is 3. The third kappa shape index (κ3) is 4.62. The van der Waals surface area contributed by atoms with Gasteiger partial charge in [-0.3, -0.25) is 4.79 Å². The Morgan fingerprint density at radius 2 is 1.75 bits per heavy atom. The van der Waals surface area contributed by atoms with Crippen molar-refractivity contribution < 1.29 is 13.2 Å². The molecule has 0 atom stereocenters. The maximum absolute atomic E-state index is 12.6. The minimum Gasteiger partial charge on any atom is -0.326 e. The molecule has 1 N–H and O–H groups in total. The highest BCUT2D eigenvalue weighted by Crippen LogP contribution is 2.23. The van der Waals surface area contributed by atoms with Gasteiger partial charge in [-0.2, -0.15) is 4.31 Å². The summed E-state index contributed by atoms with van der Waals surface area (Å²) in [7, 11) is -3.39. The monoisotopic (exact) mass is 400 g/mol. The third-order valence-electron chi connectivity index (χ3n) is 5.27. The van der Waals surface area contributed by atoms with Crippen LogP contribution in [0.3, 0.4) is 0 Å². The summed E-state index contributed by atoms with van der Waals surface area (Å²) in [6.45, 7) is 5.27. The summed E-state index contributed by atoms with van der Waals surface area (Å²) in [6.07, 6.45) is 3.64. The molecule has 0 aromatic heterocycles. The smallest absolute Gasteiger partial charge is 0.243 e. The molecule has 0 saturated carbocycles. The molecule has 2 aromatic rings. The zero-order valence-electron chi connectivity index (χ0n) is 16.6. The molecule has 1 aliphatic rings. The van der Waals surface area contributed by atoms with Gasteiger partial charge in [0.25, 0.3) is 0 Å². The second-order valence-electron chi connectivity index (χ2n) is 7.27. The van der Waals surface area contributed by atoms with Crippen LogP contribution in [0.25, 0.3) is 0 Å². The number of para-hydroxylation sites is 1. The maximum Gasteiger partial charge on any atom is 0.243 e. The van der Waals surface area contributed by atoms with Crippen molar-refractivity contribution in [3.05, 3.63) is 59.2 Å². The van der Waals surface area contributed by atoms with Crippen molar-refractivity contribution in [1.82, 2.24) is 4.31 Å². The molecule has 1 heterocycles. The van der Waals surface area contributed by atoms with Crippen molar-refractivity contribution in [3.63, 3.8) is 0 Å². The molecule has 2 aromatic carbocycles. The quantitative estimate of drug-likeness (QED) is 0.766. The maximum atomic E-state index is 12.6. The van der Waals surface area contributed by atoms with Gasteiger partial charge in [0.05, 0.1) is 4.90 Å². The van der Waals surface area contributed by atoms with Gasteiger partial charge < -0.3 is 5.32 Å². The van der Waals surface area contributed by atoms with Crippen molar-refractivity contribution >= 4 is 21.6 Å². The van der Waals surface area contributed by atoms with E-state index in [0.717, 1.165) is 41.6 Å². The van der Waals surface area contributed by atoms with E-state index in [1.165, 1.54) is 0 Å². The van der Waals surface area contributed by atoms with Gasteiger partial charge in [-0.25, -0.2) is 8.42 Å². The van der Waals surface area contributed by atoms with E-state index in [4.69, 9.17) is 0 Å². The molecule has 0 radical (unpaired) electrons. The fourth-order valence-electron chi connectivity index (χ4n) is 3.57. The molecule has 5 nitrogen and oxygen atoms in total. The predicted octanol–water partition coefficient (Wildman–Crippen LogP) is 3.91. The fourth-order valence-corrected chi connectivity index (χ4v) is 5.08. The van der Waals surface area contributed by atoms with Gasteiger partial charge in [0.15, 0.2) is 0 Å². The van der Waals surface area contributed by atoms with Crippen LogP contribution in [0.4, 0.5) is 5.69 Å². The number of carbonyl (C=O) groups excluding carboxylic acids is 1. The highest BCUT2D eigenvalue weighted by atomic mass is 32.2. The second-order valence-corrected chi connectivity index (χ2v) is 9.20. The lowest BCUT2D eigenvalue weighted by Crippen LogP contribution is -2.27. The van der Waals surface area contributed by atoms with Crippen LogP contribution in [-0.4, -0.2) is 31.7 Å². The summed E-state index contributed by atoms with van der Waals surface area (Å²) in [5, 5.41) is 3.03. The molecular weight excluding hydrogens is 372 g/mol. The molecule has 3 rings (SSSR count). The second kappa shape index (κ2) is 8.88. The van der Waals surface area contributed by atoms with Crippen molar-refractivity contribution in [2.45, 2.75) is 50.8 Å². The van der Waals surface area contributed by atoms with E-state index >= 15 is 0 Å². The lowest BCUT2D eigenvalue weighted by molar-refractivity contribution is -0.116. The number of hydrogen-bond donors (Lipinski definition) is 1. The lowest BCUT2D eigenvalue weighted by atomic mass is 10.1. The first kappa shape index (κ1) is 20.6. The molecule has 1 saturated heterocycles. The van der Waals surface area contributed by atoms with Gasteiger partial charge in [-0.05, 0) is 61.4 Å². The summed E-state index contributed by atoms with van der Waals surface area (Å²) >= 11 is 0. The standard InChI is InChI=1S/C22H28N2O3S/c1-3-19-8-6-7-17(2)22(19)23-21(25)14-11-18-9-12-20(13-10-18)28(26,27)24-15-4-5-16-24/h6-10,12-13H,3-5,11,14-16H2,1-2H3,(H,23,25). The Morgan fingerprint density at radius 1 is 1.07 bits per heavy atom. The summed E-state index contributed by atoms with van der Waals surface area (Å²) in [5.74, 6) is -0.0298. The van der Waals surface area contributed by atoms with E-state index < -0.39 is 10.0 Å². The Kier molecular flexibility index (Phi) is 6.52. The Bertz CT molecular complexity index is 931. The zero-order chi connectivity index (χ0) is 20.1.